The Balaban J connectivity index is 0.000000316. The molecule has 2 N–H and O–H groups in total. The lowest BCUT2D eigenvalue weighted by Crippen LogP contribution is -2.29. The Kier molecular flexibility index (Phi) is 14.1. The third-order valence-corrected chi connectivity index (χ3v) is 7.71. The van der Waals surface area contributed by atoms with Crippen LogP contribution in [0.25, 0.3) is 0 Å². The largest absolute Gasteiger partial charge is 0.435 e. The van der Waals surface area contributed by atoms with E-state index < -0.39 is 110 Å². The van der Waals surface area contributed by atoms with Gasteiger partial charge in [0.25, 0.3) is 11.1 Å². The Morgan fingerprint density at radius 2 is 0.949 bits per heavy atom. The third-order valence-electron chi connectivity index (χ3n) is 7.37. The lowest BCUT2D eigenvalue weighted by Gasteiger charge is -2.20. The average molecular weight is 901 g/mol. The normalized spacial score (nSPS) is 12.9. The molecule has 27 heteroatoms. The summed E-state index contributed by atoms with van der Waals surface area (Å²) in [6, 6.07) is 0.918. The van der Waals surface area contributed by atoms with Crippen molar-refractivity contribution in [1.82, 2.24) is 19.1 Å². The van der Waals surface area contributed by atoms with Crippen LogP contribution in [0.4, 0.5) is 102 Å². The first-order valence-electron chi connectivity index (χ1n) is 15.9. The number of alkyl halides is 18. The van der Waals surface area contributed by atoms with Crippen molar-refractivity contribution in [3.63, 3.8) is 0 Å². The van der Waals surface area contributed by atoms with Crippen LogP contribution < -0.4 is 21.8 Å². The van der Waals surface area contributed by atoms with Gasteiger partial charge in [-0.2, -0.15) is 79.0 Å². The van der Waals surface area contributed by atoms with Crippen LogP contribution >= 0.6 is 11.6 Å². The summed E-state index contributed by atoms with van der Waals surface area (Å²) in [5.41, 5.74) is -14.8. The first kappa shape index (κ1) is 48.2. The molecule has 0 atom stereocenters. The minimum Gasteiger partial charge on any atom is -0.325 e. The van der Waals surface area contributed by atoms with Crippen molar-refractivity contribution in [2.45, 2.75) is 76.8 Å². The number of benzene rings is 2. The zero-order chi connectivity index (χ0) is 45.3. The molecule has 326 valence electrons. The highest BCUT2D eigenvalue weighted by atomic mass is 35.5. The first-order chi connectivity index (χ1) is 26.7. The van der Waals surface area contributed by atoms with Gasteiger partial charge in [-0.05, 0) is 49.2 Å². The van der Waals surface area contributed by atoms with Crippen LogP contribution in [0.2, 0.25) is 5.02 Å². The van der Waals surface area contributed by atoms with E-state index in [1.54, 1.807) is 5.32 Å². The SMILES string of the molecule is CCCn1c(Nc2cc(C(F)(F)F)ccc2C(F)(F)F)nc(C(F)(F)F)c(Cl)c1=O.CCCn1c(Nc2cc(C(F)(F)F)ccc2C(F)(F)F)nc(C(F)(F)F)cc1=O. The minimum absolute atomic E-state index is 0.0626. The van der Waals surface area contributed by atoms with E-state index in [9.17, 15) is 88.6 Å². The summed E-state index contributed by atoms with van der Waals surface area (Å²) >= 11 is 5.41. The second kappa shape index (κ2) is 17.2. The van der Waals surface area contributed by atoms with Crippen molar-refractivity contribution in [1.29, 1.82) is 0 Å². The number of hydrogen-bond acceptors (Lipinski definition) is 6. The van der Waals surface area contributed by atoms with E-state index in [-0.39, 0.29) is 68.4 Å². The maximum atomic E-state index is 13.2. The van der Waals surface area contributed by atoms with Gasteiger partial charge in [-0.3, -0.25) is 18.7 Å². The van der Waals surface area contributed by atoms with Gasteiger partial charge in [0.15, 0.2) is 11.4 Å². The Morgan fingerprint density at radius 3 is 1.31 bits per heavy atom. The Labute approximate surface area is 322 Å². The molecule has 4 rings (SSSR count). The van der Waals surface area contributed by atoms with Crippen molar-refractivity contribution in [3.8, 4) is 0 Å². The second-order valence-corrected chi connectivity index (χ2v) is 12.1. The molecule has 0 amide bonds. The van der Waals surface area contributed by atoms with Crippen molar-refractivity contribution >= 4 is 34.9 Å². The standard InChI is InChI=1S/C16H11ClF9N3O.C16H12F9N3O/c1-2-5-29-12(30)10(17)11(16(24,25)26)28-13(29)27-9-6-7(14(18,19)20)3-4-8(9)15(21,22)23;1-2-5-28-12(29)7-11(16(23,24)25)27-13(28)26-10-6-8(14(17,18)19)3-4-9(10)15(20,21)22/h3-4,6H,2,5H2,1H3,(H,27,28);3-4,6-7H,2,5H2,1H3,(H,26,27). The van der Waals surface area contributed by atoms with Crippen molar-refractivity contribution < 1.29 is 79.0 Å². The summed E-state index contributed by atoms with van der Waals surface area (Å²) in [6.07, 6.45) is -30.3. The monoisotopic (exact) mass is 900 g/mol. The molecule has 59 heavy (non-hydrogen) atoms. The van der Waals surface area contributed by atoms with Crippen LogP contribution in [0, 0.1) is 0 Å². The number of nitrogens with zero attached hydrogens (tertiary/aromatic N) is 4. The highest BCUT2D eigenvalue weighted by molar-refractivity contribution is 6.31. The maximum absolute atomic E-state index is 13.2. The van der Waals surface area contributed by atoms with Crippen LogP contribution in [0.15, 0.2) is 52.1 Å². The molecular weight excluding hydrogens is 878 g/mol. The molecule has 0 spiro atoms. The molecule has 0 radical (unpaired) electrons. The molecular formula is C32H23ClF18N6O2. The van der Waals surface area contributed by atoms with Gasteiger partial charge in [0.2, 0.25) is 11.9 Å². The summed E-state index contributed by atoms with van der Waals surface area (Å²) in [6.45, 7) is 2.48. The van der Waals surface area contributed by atoms with Crippen molar-refractivity contribution in [2.24, 2.45) is 0 Å². The van der Waals surface area contributed by atoms with E-state index in [0.29, 0.717) is 9.13 Å². The van der Waals surface area contributed by atoms with E-state index in [4.69, 9.17) is 11.6 Å². The van der Waals surface area contributed by atoms with Crippen LogP contribution in [0.1, 0.15) is 60.3 Å². The number of rotatable bonds is 8. The molecule has 0 unspecified atom stereocenters. The zero-order valence-electron chi connectivity index (χ0n) is 29.2. The highest BCUT2D eigenvalue weighted by Gasteiger charge is 2.41. The number of hydrogen-bond donors (Lipinski definition) is 2. The molecule has 0 fully saturated rings. The molecule has 0 aliphatic carbocycles. The van der Waals surface area contributed by atoms with Gasteiger partial charge >= 0.3 is 37.1 Å². The van der Waals surface area contributed by atoms with Crippen LogP contribution in [0.3, 0.4) is 0 Å². The molecule has 8 nitrogen and oxygen atoms in total. The summed E-state index contributed by atoms with van der Waals surface area (Å²) in [5, 5.41) is 2.31. The van der Waals surface area contributed by atoms with Crippen LogP contribution in [0.5, 0.6) is 0 Å². The fraction of sp³-hybridized carbons (Fsp3) is 0.375. The van der Waals surface area contributed by atoms with Gasteiger partial charge in [-0.15, -0.1) is 0 Å². The predicted octanol–water partition coefficient (Wildman–Crippen LogP) is 11.6. The van der Waals surface area contributed by atoms with Gasteiger partial charge in [0.1, 0.15) is 5.02 Å². The smallest absolute Gasteiger partial charge is 0.325 e. The van der Waals surface area contributed by atoms with E-state index in [1.165, 1.54) is 13.8 Å². The zero-order valence-corrected chi connectivity index (χ0v) is 29.9. The van der Waals surface area contributed by atoms with Crippen LogP contribution in [-0.4, -0.2) is 19.1 Å². The van der Waals surface area contributed by atoms with Gasteiger partial charge in [-0.25, -0.2) is 9.97 Å². The molecule has 0 saturated heterocycles. The Hall–Kier alpha value is -5.17. The molecule has 2 aromatic carbocycles. The fourth-order valence-electron chi connectivity index (χ4n) is 4.82. The number of aromatic nitrogens is 4. The Morgan fingerprint density at radius 1 is 0.542 bits per heavy atom. The molecule has 2 aromatic heterocycles. The van der Waals surface area contributed by atoms with Crippen molar-refractivity contribution in [3.05, 3.63) is 102 Å². The molecule has 2 heterocycles. The molecule has 0 bridgehead atoms. The predicted molar refractivity (Wildman–Crippen MR) is 172 cm³/mol. The van der Waals surface area contributed by atoms with Gasteiger partial charge in [0, 0.05) is 19.2 Å². The topological polar surface area (TPSA) is 93.8 Å². The van der Waals surface area contributed by atoms with Gasteiger partial charge in [0.05, 0.1) is 33.6 Å². The maximum Gasteiger partial charge on any atom is 0.435 e. The minimum atomic E-state index is -5.24. The lowest BCUT2D eigenvalue weighted by atomic mass is 10.1. The second-order valence-electron chi connectivity index (χ2n) is 11.8. The molecule has 4 aromatic rings. The van der Waals surface area contributed by atoms with E-state index >= 15 is 0 Å². The van der Waals surface area contributed by atoms with E-state index in [0.717, 1.165) is 0 Å². The fourth-order valence-corrected chi connectivity index (χ4v) is 5.07. The van der Waals surface area contributed by atoms with Gasteiger partial charge in [-0.1, -0.05) is 25.4 Å². The Bertz CT molecular complexity index is 2250. The van der Waals surface area contributed by atoms with E-state index in [2.05, 4.69) is 9.97 Å². The highest BCUT2D eigenvalue weighted by Crippen LogP contribution is 2.42. The molecule has 0 aliphatic heterocycles. The number of anilines is 4. The third kappa shape index (κ3) is 12.0. The lowest BCUT2D eigenvalue weighted by molar-refractivity contribution is -0.142. The van der Waals surface area contributed by atoms with Crippen LogP contribution in [-0.2, 0) is 50.1 Å². The quantitative estimate of drug-likeness (QED) is 0.171. The van der Waals surface area contributed by atoms with Crippen molar-refractivity contribution in [2.75, 3.05) is 10.6 Å². The summed E-state index contributed by atoms with van der Waals surface area (Å²) in [7, 11) is 0. The summed E-state index contributed by atoms with van der Waals surface area (Å²) in [5.74, 6) is -2.00. The summed E-state index contributed by atoms with van der Waals surface area (Å²) in [4.78, 5) is 30.4. The molecule has 0 aliphatic rings. The van der Waals surface area contributed by atoms with Gasteiger partial charge < -0.3 is 10.6 Å². The number of nitrogens with one attached hydrogen (secondary N) is 2. The van der Waals surface area contributed by atoms with E-state index in [1.807, 2.05) is 5.32 Å². The molecule has 0 saturated carbocycles. The number of halogens is 19. The summed E-state index contributed by atoms with van der Waals surface area (Å²) < 4.78 is 236. The average Bonchev–Trinajstić information content (AvgIpc) is 3.07. The first-order valence-corrected chi connectivity index (χ1v) is 16.3.